The molecule has 138 valence electrons. The summed E-state index contributed by atoms with van der Waals surface area (Å²) >= 11 is 1.24. The Bertz CT molecular complexity index is 635. The first-order valence-electron chi connectivity index (χ1n) is 8.46. The Kier molecular flexibility index (Phi) is 5.65. The number of carbonyl (C=O) groups is 2. The molecule has 8 nitrogen and oxygen atoms in total. The third-order valence-corrected chi connectivity index (χ3v) is 5.46. The van der Waals surface area contributed by atoms with Gasteiger partial charge in [0.2, 0.25) is 5.91 Å². The summed E-state index contributed by atoms with van der Waals surface area (Å²) in [4.78, 5) is 28.6. The maximum atomic E-state index is 12.8. The SMILES string of the molecule is Cc1snnc1C(=O)N1CCO[C@@H]2C[C@H](COCC(=O)N(C)C)C[C@@H]21. The van der Waals surface area contributed by atoms with Gasteiger partial charge in [0.1, 0.15) is 6.61 Å². The quantitative estimate of drug-likeness (QED) is 0.755. The minimum atomic E-state index is -0.0612. The van der Waals surface area contributed by atoms with Crippen molar-refractivity contribution in [3.05, 3.63) is 10.6 Å². The molecule has 0 radical (unpaired) electrons. The predicted molar refractivity (Wildman–Crippen MR) is 91.4 cm³/mol. The van der Waals surface area contributed by atoms with E-state index >= 15 is 0 Å². The van der Waals surface area contributed by atoms with Crippen LogP contribution >= 0.6 is 11.5 Å². The van der Waals surface area contributed by atoms with Gasteiger partial charge in [0.15, 0.2) is 5.69 Å². The zero-order chi connectivity index (χ0) is 18.0. The molecule has 2 heterocycles. The van der Waals surface area contributed by atoms with E-state index in [1.165, 1.54) is 16.4 Å². The fourth-order valence-electron chi connectivity index (χ4n) is 3.45. The molecular formula is C16H24N4O4S. The fraction of sp³-hybridized carbons (Fsp3) is 0.750. The van der Waals surface area contributed by atoms with Gasteiger partial charge in [0.05, 0.1) is 30.2 Å². The van der Waals surface area contributed by atoms with Gasteiger partial charge in [-0.1, -0.05) is 4.49 Å². The van der Waals surface area contributed by atoms with E-state index in [1.807, 2.05) is 11.8 Å². The fourth-order valence-corrected chi connectivity index (χ4v) is 3.91. The monoisotopic (exact) mass is 368 g/mol. The first kappa shape index (κ1) is 18.2. The van der Waals surface area contributed by atoms with Crippen LogP contribution in [0.1, 0.15) is 28.2 Å². The van der Waals surface area contributed by atoms with Gasteiger partial charge in [-0.2, -0.15) is 0 Å². The van der Waals surface area contributed by atoms with Crippen LogP contribution in [-0.4, -0.2) is 83.8 Å². The molecule has 1 aromatic rings. The third kappa shape index (κ3) is 3.99. The molecule has 1 saturated heterocycles. The second-order valence-electron chi connectivity index (χ2n) is 6.79. The van der Waals surface area contributed by atoms with Crippen molar-refractivity contribution >= 4 is 23.3 Å². The number of hydrogen-bond donors (Lipinski definition) is 0. The topological polar surface area (TPSA) is 84.9 Å². The van der Waals surface area contributed by atoms with Crippen LogP contribution in [0.2, 0.25) is 0 Å². The Morgan fingerprint density at radius 1 is 1.40 bits per heavy atom. The Morgan fingerprint density at radius 2 is 2.20 bits per heavy atom. The Labute approximate surface area is 151 Å². The molecule has 1 aromatic heterocycles. The van der Waals surface area contributed by atoms with Gasteiger partial charge in [-0.3, -0.25) is 9.59 Å². The summed E-state index contributed by atoms with van der Waals surface area (Å²) in [6, 6.07) is 0.0421. The Balaban J connectivity index is 1.58. The highest BCUT2D eigenvalue weighted by molar-refractivity contribution is 7.05. The average molecular weight is 368 g/mol. The van der Waals surface area contributed by atoms with E-state index in [-0.39, 0.29) is 36.5 Å². The first-order valence-corrected chi connectivity index (χ1v) is 9.24. The normalized spacial score (nSPS) is 25.7. The van der Waals surface area contributed by atoms with Crippen LogP contribution in [0, 0.1) is 12.8 Å². The molecule has 2 aliphatic rings. The van der Waals surface area contributed by atoms with Crippen molar-refractivity contribution < 1.29 is 19.1 Å². The maximum absolute atomic E-state index is 12.8. The maximum Gasteiger partial charge on any atom is 0.276 e. The number of carbonyl (C=O) groups excluding carboxylic acids is 2. The Hall–Kier alpha value is -1.58. The summed E-state index contributed by atoms with van der Waals surface area (Å²) in [5.74, 6) is 0.178. The summed E-state index contributed by atoms with van der Waals surface area (Å²) < 4.78 is 15.3. The van der Waals surface area contributed by atoms with Crippen LogP contribution < -0.4 is 0 Å². The minimum Gasteiger partial charge on any atom is -0.374 e. The van der Waals surface area contributed by atoms with Crippen molar-refractivity contribution in [1.82, 2.24) is 19.4 Å². The second-order valence-corrected chi connectivity index (χ2v) is 7.75. The highest BCUT2D eigenvalue weighted by Crippen LogP contribution is 2.35. The summed E-state index contributed by atoms with van der Waals surface area (Å²) in [7, 11) is 3.42. The molecule has 3 atom stereocenters. The lowest BCUT2D eigenvalue weighted by Crippen LogP contribution is -2.51. The van der Waals surface area contributed by atoms with Crippen molar-refractivity contribution in [2.75, 3.05) is 40.5 Å². The largest absolute Gasteiger partial charge is 0.374 e. The molecule has 1 aliphatic carbocycles. The minimum absolute atomic E-state index is 0.0303. The summed E-state index contributed by atoms with van der Waals surface area (Å²) in [5.41, 5.74) is 0.446. The summed E-state index contributed by atoms with van der Waals surface area (Å²) in [5, 5.41) is 3.98. The number of aromatic nitrogens is 2. The number of morpholine rings is 1. The van der Waals surface area contributed by atoms with Crippen LogP contribution in [0.15, 0.2) is 0 Å². The molecule has 0 unspecified atom stereocenters. The van der Waals surface area contributed by atoms with E-state index in [4.69, 9.17) is 9.47 Å². The van der Waals surface area contributed by atoms with Crippen LogP contribution in [0.5, 0.6) is 0 Å². The molecule has 2 fully saturated rings. The number of amides is 2. The standard InChI is InChI=1S/C16H24N4O4S/c1-10-15(17-18-25-10)16(22)20-4-5-24-13-7-11(6-12(13)20)8-23-9-14(21)19(2)3/h11-13H,4-9H2,1-3H3/t11-,12+,13-/m1/s1. The van der Waals surface area contributed by atoms with E-state index in [0.717, 1.165) is 17.7 Å². The third-order valence-electron chi connectivity index (χ3n) is 4.83. The molecule has 3 rings (SSSR count). The van der Waals surface area contributed by atoms with Crippen LogP contribution in [-0.2, 0) is 14.3 Å². The lowest BCUT2D eigenvalue weighted by molar-refractivity contribution is -0.134. The molecule has 9 heteroatoms. The lowest BCUT2D eigenvalue weighted by Gasteiger charge is -2.37. The molecule has 0 N–H and O–H groups in total. The molecular weight excluding hydrogens is 344 g/mol. The van der Waals surface area contributed by atoms with Gasteiger partial charge in [0, 0.05) is 20.6 Å². The highest BCUT2D eigenvalue weighted by atomic mass is 32.1. The smallest absolute Gasteiger partial charge is 0.276 e. The van der Waals surface area contributed by atoms with Crippen molar-refractivity contribution in [2.45, 2.75) is 31.9 Å². The molecule has 0 aromatic carbocycles. The lowest BCUT2D eigenvalue weighted by atomic mass is 10.1. The summed E-state index contributed by atoms with van der Waals surface area (Å²) in [6.45, 7) is 3.57. The molecule has 1 aliphatic heterocycles. The zero-order valence-electron chi connectivity index (χ0n) is 14.8. The summed E-state index contributed by atoms with van der Waals surface area (Å²) in [6.07, 6.45) is 1.70. The van der Waals surface area contributed by atoms with E-state index in [9.17, 15) is 9.59 Å². The number of likely N-dealkylation sites (N-methyl/N-ethyl adjacent to an activating group) is 1. The van der Waals surface area contributed by atoms with Crippen LogP contribution in [0.3, 0.4) is 0 Å². The van der Waals surface area contributed by atoms with E-state index in [0.29, 0.717) is 25.5 Å². The van der Waals surface area contributed by atoms with Gasteiger partial charge in [-0.15, -0.1) is 5.10 Å². The molecule has 25 heavy (non-hydrogen) atoms. The average Bonchev–Trinajstić information content (AvgIpc) is 3.19. The molecule has 0 spiro atoms. The van der Waals surface area contributed by atoms with Crippen LogP contribution in [0.4, 0.5) is 0 Å². The van der Waals surface area contributed by atoms with Crippen molar-refractivity contribution in [2.24, 2.45) is 5.92 Å². The van der Waals surface area contributed by atoms with Crippen molar-refractivity contribution in [1.29, 1.82) is 0 Å². The van der Waals surface area contributed by atoms with Crippen molar-refractivity contribution in [3.63, 3.8) is 0 Å². The highest BCUT2D eigenvalue weighted by Gasteiger charge is 2.43. The van der Waals surface area contributed by atoms with Gasteiger partial charge < -0.3 is 19.3 Å². The van der Waals surface area contributed by atoms with Gasteiger partial charge in [0.25, 0.3) is 5.91 Å². The van der Waals surface area contributed by atoms with E-state index in [2.05, 4.69) is 9.59 Å². The predicted octanol–water partition coefficient (Wildman–Crippen LogP) is 0.571. The number of ether oxygens (including phenoxy) is 2. The molecule has 0 bridgehead atoms. The first-order chi connectivity index (χ1) is 12.0. The molecule has 2 amide bonds. The van der Waals surface area contributed by atoms with E-state index < -0.39 is 0 Å². The molecule has 1 saturated carbocycles. The zero-order valence-corrected chi connectivity index (χ0v) is 15.6. The number of hydrogen-bond acceptors (Lipinski definition) is 7. The van der Waals surface area contributed by atoms with Gasteiger partial charge in [-0.05, 0) is 37.2 Å². The number of aryl methyl sites for hydroxylation is 1. The Morgan fingerprint density at radius 3 is 2.88 bits per heavy atom. The number of fused-ring (bicyclic) bond motifs is 1. The number of nitrogens with zero attached hydrogens (tertiary/aromatic N) is 4. The number of rotatable bonds is 5. The van der Waals surface area contributed by atoms with Gasteiger partial charge in [-0.25, -0.2) is 0 Å². The van der Waals surface area contributed by atoms with Crippen LogP contribution in [0.25, 0.3) is 0 Å². The van der Waals surface area contributed by atoms with Gasteiger partial charge >= 0.3 is 0 Å². The van der Waals surface area contributed by atoms with Crippen molar-refractivity contribution in [3.8, 4) is 0 Å². The second kappa shape index (κ2) is 7.76. The van der Waals surface area contributed by atoms with E-state index in [1.54, 1.807) is 14.1 Å².